The van der Waals surface area contributed by atoms with Crippen molar-refractivity contribution in [2.45, 2.75) is 13.3 Å². The largest absolute Gasteiger partial charge is 0.465 e. The SMILES string of the molecule is COC(=O)c1cccc(Cc2cnc(NC(=O)C(C)C3CNC3)s2)c1. The maximum absolute atomic E-state index is 12.2. The number of benzene rings is 1. The van der Waals surface area contributed by atoms with Crippen LogP contribution in [0.25, 0.3) is 0 Å². The van der Waals surface area contributed by atoms with Crippen LogP contribution in [-0.2, 0) is 16.0 Å². The van der Waals surface area contributed by atoms with Gasteiger partial charge < -0.3 is 15.4 Å². The second kappa shape index (κ2) is 7.76. The van der Waals surface area contributed by atoms with Gasteiger partial charge in [0.05, 0.1) is 12.7 Å². The van der Waals surface area contributed by atoms with Crippen molar-refractivity contribution < 1.29 is 14.3 Å². The number of nitrogens with one attached hydrogen (secondary N) is 2. The van der Waals surface area contributed by atoms with Crippen LogP contribution in [-0.4, -0.2) is 37.1 Å². The molecule has 1 aliphatic heterocycles. The second-order valence-corrected chi connectivity index (χ2v) is 7.31. The van der Waals surface area contributed by atoms with Gasteiger partial charge >= 0.3 is 5.97 Å². The van der Waals surface area contributed by atoms with E-state index in [4.69, 9.17) is 4.74 Å². The number of carbonyl (C=O) groups is 2. The number of rotatable bonds is 6. The van der Waals surface area contributed by atoms with Gasteiger partial charge in [-0.05, 0) is 36.7 Å². The fourth-order valence-corrected chi connectivity index (χ4v) is 3.52. The Morgan fingerprint density at radius 2 is 2.24 bits per heavy atom. The molecule has 1 aromatic carbocycles. The maximum atomic E-state index is 12.2. The molecule has 2 N–H and O–H groups in total. The summed E-state index contributed by atoms with van der Waals surface area (Å²) in [7, 11) is 1.37. The molecule has 1 amide bonds. The fraction of sp³-hybridized carbons (Fsp3) is 0.389. The summed E-state index contributed by atoms with van der Waals surface area (Å²) in [6, 6.07) is 7.33. The molecule has 1 aliphatic rings. The molecule has 1 unspecified atom stereocenters. The number of nitrogens with zero attached hydrogens (tertiary/aromatic N) is 1. The van der Waals surface area contributed by atoms with Crippen LogP contribution in [0.4, 0.5) is 5.13 Å². The van der Waals surface area contributed by atoms with Crippen LogP contribution in [0.5, 0.6) is 0 Å². The van der Waals surface area contributed by atoms with E-state index in [0.29, 0.717) is 23.0 Å². The Labute approximate surface area is 150 Å². The van der Waals surface area contributed by atoms with Crippen LogP contribution in [0.15, 0.2) is 30.5 Å². The van der Waals surface area contributed by atoms with Crippen molar-refractivity contribution in [3.05, 3.63) is 46.5 Å². The minimum absolute atomic E-state index is 0.0140. The molecule has 0 aliphatic carbocycles. The molecular formula is C18H21N3O3S. The smallest absolute Gasteiger partial charge is 0.337 e. The summed E-state index contributed by atoms with van der Waals surface area (Å²) in [5.41, 5.74) is 1.53. The number of anilines is 1. The Morgan fingerprint density at radius 3 is 2.92 bits per heavy atom. The number of hydrogen-bond acceptors (Lipinski definition) is 6. The lowest BCUT2D eigenvalue weighted by Gasteiger charge is -2.31. The lowest BCUT2D eigenvalue weighted by atomic mass is 9.88. The molecule has 0 spiro atoms. The molecule has 7 heteroatoms. The molecule has 2 aromatic rings. The predicted molar refractivity (Wildman–Crippen MR) is 96.9 cm³/mol. The van der Waals surface area contributed by atoms with Crippen molar-refractivity contribution >= 4 is 28.3 Å². The first kappa shape index (κ1) is 17.6. The number of amides is 1. The number of ether oxygens (including phenoxy) is 1. The molecule has 0 radical (unpaired) electrons. The fourth-order valence-electron chi connectivity index (χ4n) is 2.67. The molecule has 3 rings (SSSR count). The van der Waals surface area contributed by atoms with Gasteiger partial charge in [0.25, 0.3) is 0 Å². The highest BCUT2D eigenvalue weighted by atomic mass is 32.1. The predicted octanol–water partition coefficient (Wildman–Crippen LogP) is 2.31. The molecule has 0 saturated carbocycles. The van der Waals surface area contributed by atoms with Crippen molar-refractivity contribution in [3.8, 4) is 0 Å². The first-order valence-corrected chi connectivity index (χ1v) is 9.02. The molecule has 1 saturated heterocycles. The number of carbonyl (C=O) groups excluding carboxylic acids is 2. The first-order chi connectivity index (χ1) is 12.1. The van der Waals surface area contributed by atoms with E-state index in [1.807, 2.05) is 25.1 Å². The van der Waals surface area contributed by atoms with E-state index < -0.39 is 0 Å². The molecule has 0 bridgehead atoms. The summed E-state index contributed by atoms with van der Waals surface area (Å²) in [6.07, 6.45) is 2.42. The van der Waals surface area contributed by atoms with E-state index in [-0.39, 0.29) is 17.8 Å². The van der Waals surface area contributed by atoms with Crippen molar-refractivity contribution in [2.24, 2.45) is 11.8 Å². The Morgan fingerprint density at radius 1 is 1.44 bits per heavy atom. The average Bonchev–Trinajstić information content (AvgIpc) is 2.99. The maximum Gasteiger partial charge on any atom is 0.337 e. The van der Waals surface area contributed by atoms with E-state index in [0.717, 1.165) is 23.5 Å². The zero-order valence-corrected chi connectivity index (χ0v) is 15.1. The average molecular weight is 359 g/mol. The monoisotopic (exact) mass is 359 g/mol. The van der Waals surface area contributed by atoms with Crippen molar-refractivity contribution in [2.75, 3.05) is 25.5 Å². The summed E-state index contributed by atoms with van der Waals surface area (Å²) in [5.74, 6) is 0.0458. The van der Waals surface area contributed by atoms with Crippen molar-refractivity contribution in [1.82, 2.24) is 10.3 Å². The minimum atomic E-state index is -0.349. The molecule has 1 atom stereocenters. The van der Waals surface area contributed by atoms with Crippen molar-refractivity contribution in [3.63, 3.8) is 0 Å². The van der Waals surface area contributed by atoms with Crippen LogP contribution in [0, 0.1) is 11.8 Å². The molecule has 132 valence electrons. The molecule has 1 fully saturated rings. The molecule has 6 nitrogen and oxygen atoms in total. The number of aromatic nitrogens is 1. The summed E-state index contributed by atoms with van der Waals surface area (Å²) in [5, 5.41) is 6.70. The van der Waals surface area contributed by atoms with Gasteiger partial charge in [-0.1, -0.05) is 19.1 Å². The first-order valence-electron chi connectivity index (χ1n) is 8.20. The summed E-state index contributed by atoms with van der Waals surface area (Å²) < 4.78 is 4.74. The molecule has 2 heterocycles. The third kappa shape index (κ3) is 4.24. The standard InChI is InChI=1S/C18H21N3O3S/c1-11(14-8-19-9-14)16(22)21-18-20-10-15(25-18)7-12-4-3-5-13(6-12)17(23)24-2/h3-6,10-11,14,19H,7-9H2,1-2H3,(H,20,21,22). The molecule has 1 aromatic heterocycles. The highest BCUT2D eigenvalue weighted by molar-refractivity contribution is 7.15. The van der Waals surface area contributed by atoms with E-state index in [2.05, 4.69) is 15.6 Å². The topological polar surface area (TPSA) is 80.3 Å². The Bertz CT molecular complexity index is 770. The van der Waals surface area contributed by atoms with Gasteiger partial charge in [0.15, 0.2) is 5.13 Å². The van der Waals surface area contributed by atoms with E-state index in [1.165, 1.54) is 18.4 Å². The summed E-state index contributed by atoms with van der Waals surface area (Å²) in [4.78, 5) is 29.2. The highest BCUT2D eigenvalue weighted by Gasteiger charge is 2.29. The van der Waals surface area contributed by atoms with Gasteiger partial charge in [-0.25, -0.2) is 9.78 Å². The van der Waals surface area contributed by atoms with Crippen LogP contribution in [0.2, 0.25) is 0 Å². The van der Waals surface area contributed by atoms with Crippen LogP contribution >= 0.6 is 11.3 Å². The van der Waals surface area contributed by atoms with Gasteiger partial charge in [-0.15, -0.1) is 11.3 Å². The quantitative estimate of drug-likeness (QED) is 0.774. The third-order valence-electron chi connectivity index (χ3n) is 4.44. The number of methoxy groups -OCH3 is 1. The lowest BCUT2D eigenvalue weighted by molar-refractivity contribution is -0.121. The Kier molecular flexibility index (Phi) is 5.45. The van der Waals surface area contributed by atoms with Gasteiger partial charge in [0.1, 0.15) is 0 Å². The highest BCUT2D eigenvalue weighted by Crippen LogP contribution is 2.24. The van der Waals surface area contributed by atoms with Gasteiger partial charge in [0, 0.05) is 23.4 Å². The van der Waals surface area contributed by atoms with Gasteiger partial charge in [-0.2, -0.15) is 0 Å². The third-order valence-corrected chi connectivity index (χ3v) is 5.36. The van der Waals surface area contributed by atoms with Crippen molar-refractivity contribution in [1.29, 1.82) is 0 Å². The lowest BCUT2D eigenvalue weighted by Crippen LogP contribution is -2.48. The zero-order chi connectivity index (χ0) is 17.8. The van der Waals surface area contributed by atoms with Crippen LogP contribution in [0.1, 0.15) is 27.7 Å². The Hall–Kier alpha value is -2.25. The van der Waals surface area contributed by atoms with Crippen LogP contribution < -0.4 is 10.6 Å². The number of esters is 1. The summed E-state index contributed by atoms with van der Waals surface area (Å²) >= 11 is 1.46. The van der Waals surface area contributed by atoms with Crippen LogP contribution in [0.3, 0.4) is 0 Å². The van der Waals surface area contributed by atoms with Gasteiger partial charge in [-0.3, -0.25) is 4.79 Å². The van der Waals surface area contributed by atoms with E-state index in [9.17, 15) is 9.59 Å². The zero-order valence-electron chi connectivity index (χ0n) is 14.2. The minimum Gasteiger partial charge on any atom is -0.465 e. The number of hydrogen-bond donors (Lipinski definition) is 2. The number of thiazole rings is 1. The molecule has 25 heavy (non-hydrogen) atoms. The second-order valence-electron chi connectivity index (χ2n) is 6.20. The summed E-state index contributed by atoms with van der Waals surface area (Å²) in [6.45, 7) is 3.75. The van der Waals surface area contributed by atoms with Gasteiger partial charge in [0.2, 0.25) is 5.91 Å². The normalized spacial score (nSPS) is 15.3. The Balaban J connectivity index is 1.61. The molecular weight excluding hydrogens is 338 g/mol. The van der Waals surface area contributed by atoms with E-state index >= 15 is 0 Å². The van der Waals surface area contributed by atoms with E-state index in [1.54, 1.807) is 12.3 Å².